The van der Waals surface area contributed by atoms with Gasteiger partial charge in [-0.05, 0) is 0 Å². The Morgan fingerprint density at radius 1 is 1.69 bits per heavy atom. The van der Waals surface area contributed by atoms with Crippen molar-refractivity contribution in [1.82, 2.24) is 4.90 Å². The van der Waals surface area contributed by atoms with Crippen molar-refractivity contribution >= 4 is 22.7 Å². The van der Waals surface area contributed by atoms with Crippen LogP contribution in [0.1, 0.15) is 6.92 Å². The monoisotopic (exact) mass is 204 g/mol. The topological polar surface area (TPSA) is 77.5 Å². The van der Waals surface area contributed by atoms with Crippen molar-refractivity contribution in [2.45, 2.75) is 12.3 Å². The highest BCUT2D eigenvalue weighted by molar-refractivity contribution is 7.85. The predicted molar refractivity (Wildman–Crippen MR) is 43.7 cm³/mol. The third-order valence-electron chi connectivity index (χ3n) is 2.05. The second-order valence-electron chi connectivity index (χ2n) is 3.02. The van der Waals surface area contributed by atoms with E-state index in [4.69, 9.17) is 0 Å². The summed E-state index contributed by atoms with van der Waals surface area (Å²) in [7, 11) is -1.21. The Morgan fingerprint density at radius 2 is 2.23 bits per heavy atom. The Labute approximate surface area is 78.2 Å². The maximum Gasteiger partial charge on any atom is 0.229 e. The summed E-state index contributed by atoms with van der Waals surface area (Å²) in [6.45, 7) is 1.17. The first-order valence-electron chi connectivity index (χ1n) is 3.77. The molecule has 0 saturated carbocycles. The first-order valence-corrected chi connectivity index (χ1v) is 5.40. The van der Waals surface area contributed by atoms with E-state index in [9.17, 15) is 18.9 Å². The largest absolute Gasteiger partial charge is 0.548 e. The fraction of sp³-hybridized carbons (Fsp3) is 0.714. The number of amides is 1. The van der Waals surface area contributed by atoms with Gasteiger partial charge in [-0.15, -0.1) is 0 Å². The third kappa shape index (κ3) is 1.72. The molecule has 1 saturated heterocycles. The van der Waals surface area contributed by atoms with Crippen molar-refractivity contribution in [3.63, 3.8) is 0 Å². The minimum Gasteiger partial charge on any atom is -0.548 e. The Morgan fingerprint density at radius 3 is 2.62 bits per heavy atom. The molecular formula is C7H10NO4S-. The van der Waals surface area contributed by atoms with Gasteiger partial charge in [0.15, 0.2) is 0 Å². The van der Waals surface area contributed by atoms with Gasteiger partial charge in [-0.2, -0.15) is 0 Å². The van der Waals surface area contributed by atoms with E-state index >= 15 is 0 Å². The molecule has 5 nitrogen and oxygen atoms in total. The molecule has 13 heavy (non-hydrogen) atoms. The number of nitrogens with zero attached hydrogens (tertiary/aromatic N) is 1. The van der Waals surface area contributed by atoms with Gasteiger partial charge in [-0.25, -0.2) is 0 Å². The number of carbonyl (C=O) groups is 2. The van der Waals surface area contributed by atoms with Crippen LogP contribution in [0, 0.1) is 5.92 Å². The van der Waals surface area contributed by atoms with Crippen LogP contribution < -0.4 is 5.11 Å². The van der Waals surface area contributed by atoms with Crippen LogP contribution >= 0.6 is 0 Å². The molecule has 74 valence electrons. The van der Waals surface area contributed by atoms with Gasteiger partial charge in [0.05, 0.1) is 18.4 Å². The van der Waals surface area contributed by atoms with Gasteiger partial charge < -0.3 is 14.8 Å². The molecule has 1 rings (SSSR count). The molecule has 1 fully saturated rings. The Bertz CT molecular complexity index is 278. The van der Waals surface area contributed by atoms with Crippen molar-refractivity contribution in [3.05, 3.63) is 0 Å². The van der Waals surface area contributed by atoms with Crippen LogP contribution in [0.5, 0.6) is 0 Å². The van der Waals surface area contributed by atoms with E-state index in [1.54, 1.807) is 6.92 Å². The number of carboxylic acids is 1. The lowest BCUT2D eigenvalue weighted by molar-refractivity contribution is -0.306. The molecule has 0 bridgehead atoms. The van der Waals surface area contributed by atoms with Gasteiger partial charge in [0.1, 0.15) is 5.37 Å². The first-order chi connectivity index (χ1) is 5.95. The van der Waals surface area contributed by atoms with E-state index in [-0.39, 0.29) is 11.8 Å². The van der Waals surface area contributed by atoms with E-state index < -0.39 is 28.7 Å². The maximum atomic E-state index is 11.1. The van der Waals surface area contributed by atoms with E-state index in [0.717, 1.165) is 4.90 Å². The fourth-order valence-corrected chi connectivity index (χ4v) is 2.70. The zero-order chi connectivity index (χ0) is 10.2. The van der Waals surface area contributed by atoms with Crippen molar-refractivity contribution in [2.24, 2.45) is 5.92 Å². The summed E-state index contributed by atoms with van der Waals surface area (Å²) >= 11 is 0. The molecule has 1 amide bonds. The quantitative estimate of drug-likeness (QED) is 0.494. The molecule has 6 heteroatoms. The standard InChI is InChI=1S/C7H11NO4S/c1-4-6(11)8(3-5(9)10)7(4)13(2)12/h4,7H,3H2,1-2H3,(H,9,10)/p-1. The number of rotatable bonds is 3. The van der Waals surface area contributed by atoms with Gasteiger partial charge in [0.25, 0.3) is 0 Å². The second-order valence-corrected chi connectivity index (χ2v) is 4.50. The number of aliphatic carboxylic acids is 1. The molecule has 3 unspecified atom stereocenters. The molecule has 1 aliphatic heterocycles. The van der Waals surface area contributed by atoms with Crippen LogP contribution in [0.15, 0.2) is 0 Å². The molecule has 1 heterocycles. The Balaban J connectivity index is 2.68. The van der Waals surface area contributed by atoms with E-state index in [0.29, 0.717) is 0 Å². The van der Waals surface area contributed by atoms with Crippen molar-refractivity contribution in [1.29, 1.82) is 0 Å². The van der Waals surface area contributed by atoms with Crippen LogP contribution in [0.25, 0.3) is 0 Å². The summed E-state index contributed by atoms with van der Waals surface area (Å²) in [6.07, 6.45) is 1.45. The van der Waals surface area contributed by atoms with E-state index in [1.807, 2.05) is 0 Å². The van der Waals surface area contributed by atoms with Crippen LogP contribution in [-0.2, 0) is 20.4 Å². The molecular weight excluding hydrogens is 194 g/mol. The number of likely N-dealkylation sites (tertiary alicyclic amines) is 1. The van der Waals surface area contributed by atoms with Crippen LogP contribution in [0.3, 0.4) is 0 Å². The average Bonchev–Trinajstić information content (AvgIpc) is 2.01. The van der Waals surface area contributed by atoms with Gasteiger partial charge in [-0.1, -0.05) is 6.92 Å². The summed E-state index contributed by atoms with van der Waals surface area (Å²) in [5.74, 6) is -1.94. The highest BCUT2D eigenvalue weighted by Crippen LogP contribution is 2.27. The molecule has 3 atom stereocenters. The highest BCUT2D eigenvalue weighted by atomic mass is 32.2. The first kappa shape index (κ1) is 10.2. The molecule has 0 aromatic carbocycles. The minimum atomic E-state index is -1.32. The normalized spacial score (nSPS) is 29.7. The molecule has 0 aromatic rings. The highest BCUT2D eigenvalue weighted by Gasteiger charge is 2.46. The third-order valence-corrected chi connectivity index (χ3v) is 3.39. The maximum absolute atomic E-state index is 11.1. The zero-order valence-corrected chi connectivity index (χ0v) is 8.17. The van der Waals surface area contributed by atoms with Gasteiger partial charge in [0, 0.05) is 17.1 Å². The number of hydrogen-bond donors (Lipinski definition) is 0. The second kappa shape index (κ2) is 3.45. The van der Waals surface area contributed by atoms with Crippen molar-refractivity contribution in [3.8, 4) is 0 Å². The summed E-state index contributed by atoms with van der Waals surface area (Å²) in [5, 5.41) is 9.75. The molecule has 0 radical (unpaired) electrons. The van der Waals surface area contributed by atoms with E-state index in [2.05, 4.69) is 0 Å². The van der Waals surface area contributed by atoms with Gasteiger partial charge in [-0.3, -0.25) is 9.00 Å². The fourth-order valence-electron chi connectivity index (χ4n) is 1.47. The molecule has 0 aromatic heterocycles. The Kier molecular flexibility index (Phi) is 2.70. The lowest BCUT2D eigenvalue weighted by Gasteiger charge is -2.44. The van der Waals surface area contributed by atoms with Crippen LogP contribution in [-0.4, -0.2) is 39.2 Å². The van der Waals surface area contributed by atoms with Crippen molar-refractivity contribution < 1.29 is 18.9 Å². The van der Waals surface area contributed by atoms with Crippen LogP contribution in [0.4, 0.5) is 0 Å². The smallest absolute Gasteiger partial charge is 0.229 e. The molecule has 0 spiro atoms. The molecule has 1 aliphatic rings. The summed E-state index contributed by atoms with van der Waals surface area (Å²) in [6, 6.07) is 0. The van der Waals surface area contributed by atoms with Gasteiger partial charge >= 0.3 is 0 Å². The summed E-state index contributed by atoms with van der Waals surface area (Å²) in [4.78, 5) is 22.4. The number of hydrogen-bond acceptors (Lipinski definition) is 4. The number of carbonyl (C=O) groups excluding carboxylic acids is 2. The molecule has 0 N–H and O–H groups in total. The average molecular weight is 204 g/mol. The van der Waals surface area contributed by atoms with Gasteiger partial charge in [0.2, 0.25) is 5.91 Å². The molecule has 0 aliphatic carbocycles. The summed E-state index contributed by atoms with van der Waals surface area (Å²) in [5.41, 5.74) is 0. The Hall–Kier alpha value is -0.910. The predicted octanol–water partition coefficient (Wildman–Crippen LogP) is -2.08. The lowest BCUT2D eigenvalue weighted by atomic mass is 10.0. The minimum absolute atomic E-state index is 0.274. The van der Waals surface area contributed by atoms with E-state index in [1.165, 1.54) is 6.26 Å². The van der Waals surface area contributed by atoms with Crippen molar-refractivity contribution in [2.75, 3.05) is 12.8 Å². The zero-order valence-electron chi connectivity index (χ0n) is 7.35. The number of carboxylic acid groups (broad SMARTS) is 1. The number of β-lactam (4-membered cyclic amide) rings is 1. The lowest BCUT2D eigenvalue weighted by Crippen LogP contribution is -2.63. The summed E-state index contributed by atoms with van der Waals surface area (Å²) < 4.78 is 11.1. The SMILES string of the molecule is CC1C(=O)N(CC(=O)[O-])C1S(C)=O. The van der Waals surface area contributed by atoms with Crippen LogP contribution in [0.2, 0.25) is 0 Å².